The minimum Gasteiger partial charge on any atom is -0.339 e. The van der Waals surface area contributed by atoms with E-state index in [1.807, 2.05) is 6.92 Å². The summed E-state index contributed by atoms with van der Waals surface area (Å²) in [5.41, 5.74) is 4.89. The van der Waals surface area contributed by atoms with Crippen molar-refractivity contribution in [2.24, 2.45) is 5.73 Å². The van der Waals surface area contributed by atoms with Crippen LogP contribution in [0.5, 0.6) is 0 Å². The highest BCUT2D eigenvalue weighted by Gasteiger charge is 2.20. The van der Waals surface area contributed by atoms with Crippen molar-refractivity contribution in [3.05, 3.63) is 0 Å². The van der Waals surface area contributed by atoms with E-state index in [2.05, 4.69) is 11.2 Å². The molecule has 0 fully saturated rings. The Bertz CT molecular complexity index is 203. The van der Waals surface area contributed by atoms with E-state index in [0.29, 0.717) is 6.42 Å². The lowest BCUT2D eigenvalue weighted by atomic mass is 10.1. The fraction of sp³-hybridized carbons (Fsp3) is 0.667. The van der Waals surface area contributed by atoms with Gasteiger partial charge >= 0.3 is 0 Å². The highest BCUT2D eigenvalue weighted by atomic mass is 16.2. The molecule has 0 aliphatic heterocycles. The first-order valence-corrected chi connectivity index (χ1v) is 3.98. The van der Waals surface area contributed by atoms with Crippen LogP contribution in [0.3, 0.4) is 0 Å². The Morgan fingerprint density at radius 2 is 2.25 bits per heavy atom. The van der Waals surface area contributed by atoms with E-state index >= 15 is 0 Å². The number of hydrogen-bond acceptors (Lipinski definition) is 2. The highest BCUT2D eigenvalue weighted by Crippen LogP contribution is 1.99. The van der Waals surface area contributed by atoms with Gasteiger partial charge in [0.1, 0.15) is 0 Å². The molecule has 68 valence electrons. The third kappa shape index (κ3) is 3.40. The van der Waals surface area contributed by atoms with E-state index in [-0.39, 0.29) is 5.91 Å². The zero-order valence-corrected chi connectivity index (χ0v) is 7.85. The van der Waals surface area contributed by atoms with E-state index in [1.165, 1.54) is 0 Å². The number of carbonyl (C=O) groups excluding carboxylic acids is 1. The van der Waals surface area contributed by atoms with E-state index < -0.39 is 11.6 Å². The van der Waals surface area contributed by atoms with E-state index in [4.69, 9.17) is 12.2 Å². The fourth-order valence-corrected chi connectivity index (χ4v) is 0.622. The van der Waals surface area contributed by atoms with Crippen LogP contribution in [0.4, 0.5) is 0 Å². The van der Waals surface area contributed by atoms with Crippen molar-refractivity contribution in [3.63, 3.8) is 0 Å². The molecule has 0 aromatic rings. The number of hydrogen-bond donors (Lipinski definition) is 2. The zero-order chi connectivity index (χ0) is 9.78. The summed E-state index contributed by atoms with van der Waals surface area (Å²) in [5, 5.41) is 2.66. The summed E-state index contributed by atoms with van der Waals surface area (Å²) >= 11 is 0. The number of amides is 1. The third-order valence-electron chi connectivity index (χ3n) is 1.57. The Morgan fingerprint density at radius 1 is 1.75 bits per heavy atom. The van der Waals surface area contributed by atoms with Gasteiger partial charge in [0.05, 0.1) is 11.6 Å². The second kappa shape index (κ2) is 4.13. The molecule has 1 unspecified atom stereocenters. The minimum atomic E-state index is -0.607. The van der Waals surface area contributed by atoms with Crippen molar-refractivity contribution < 1.29 is 4.79 Å². The molecular weight excluding hydrogens is 152 g/mol. The van der Waals surface area contributed by atoms with Gasteiger partial charge in [-0.15, -0.1) is 6.42 Å². The summed E-state index contributed by atoms with van der Waals surface area (Å²) in [7, 11) is 0. The molecule has 3 nitrogen and oxygen atoms in total. The summed E-state index contributed by atoms with van der Waals surface area (Å²) in [6, 6.07) is -0.461. The smallest absolute Gasteiger partial charge is 0.238 e. The predicted octanol–water partition coefficient (Wildman–Crippen LogP) is 0.252. The number of nitrogens with one attached hydrogen (secondary N) is 1. The van der Waals surface area contributed by atoms with E-state index in [1.54, 1.807) is 13.8 Å². The second-order valence-electron chi connectivity index (χ2n) is 3.27. The molecule has 0 saturated carbocycles. The van der Waals surface area contributed by atoms with Crippen LogP contribution in [0.25, 0.3) is 0 Å². The molecule has 1 atom stereocenters. The number of rotatable bonds is 3. The summed E-state index contributed by atoms with van der Waals surface area (Å²) in [6.45, 7) is 5.37. The lowest BCUT2D eigenvalue weighted by molar-refractivity contribution is -0.123. The van der Waals surface area contributed by atoms with Crippen LogP contribution in [0.1, 0.15) is 27.2 Å². The van der Waals surface area contributed by atoms with Gasteiger partial charge in [0.2, 0.25) is 5.91 Å². The minimum absolute atomic E-state index is 0.194. The summed E-state index contributed by atoms with van der Waals surface area (Å²) in [6.07, 6.45) is 5.81. The van der Waals surface area contributed by atoms with Gasteiger partial charge in [-0.3, -0.25) is 4.79 Å². The topological polar surface area (TPSA) is 55.1 Å². The van der Waals surface area contributed by atoms with Crippen LogP contribution in [0, 0.1) is 12.3 Å². The third-order valence-corrected chi connectivity index (χ3v) is 1.57. The Balaban J connectivity index is 4.12. The van der Waals surface area contributed by atoms with Crippen molar-refractivity contribution >= 4 is 5.91 Å². The van der Waals surface area contributed by atoms with Gasteiger partial charge in [0.15, 0.2) is 0 Å². The molecule has 0 rings (SSSR count). The van der Waals surface area contributed by atoms with Crippen LogP contribution in [0.2, 0.25) is 0 Å². The average Bonchev–Trinajstić information content (AvgIpc) is 2.02. The standard InChI is InChI=1S/C9H16N2O/c1-5-7(10)8(12)11-9(3,4)6-2/h2,7H,5,10H2,1,3-4H3,(H,11,12). The largest absolute Gasteiger partial charge is 0.339 e. The van der Waals surface area contributed by atoms with Gasteiger partial charge in [-0.2, -0.15) is 0 Å². The van der Waals surface area contributed by atoms with Gasteiger partial charge in [-0.25, -0.2) is 0 Å². The van der Waals surface area contributed by atoms with Crippen molar-refractivity contribution in [3.8, 4) is 12.3 Å². The lowest BCUT2D eigenvalue weighted by Gasteiger charge is -2.21. The predicted molar refractivity (Wildman–Crippen MR) is 49.3 cm³/mol. The summed E-state index contributed by atoms with van der Waals surface area (Å²) < 4.78 is 0. The van der Waals surface area contributed by atoms with Crippen LogP contribution in [0.15, 0.2) is 0 Å². The molecule has 3 N–H and O–H groups in total. The first kappa shape index (κ1) is 11.0. The molecular formula is C9H16N2O. The molecule has 0 aliphatic carbocycles. The number of terminal acetylenes is 1. The van der Waals surface area contributed by atoms with Crippen LogP contribution >= 0.6 is 0 Å². The molecule has 0 saturated heterocycles. The first-order valence-electron chi connectivity index (χ1n) is 3.98. The fourth-order valence-electron chi connectivity index (χ4n) is 0.622. The van der Waals surface area contributed by atoms with Gasteiger partial charge in [0, 0.05) is 0 Å². The molecule has 0 aromatic carbocycles. The van der Waals surface area contributed by atoms with Crippen LogP contribution < -0.4 is 11.1 Å². The molecule has 1 amide bonds. The quantitative estimate of drug-likeness (QED) is 0.594. The first-order chi connectivity index (χ1) is 5.43. The number of carbonyl (C=O) groups is 1. The SMILES string of the molecule is C#CC(C)(C)NC(=O)C(N)CC. The van der Waals surface area contributed by atoms with Crippen molar-refractivity contribution in [2.45, 2.75) is 38.8 Å². The Kier molecular flexibility index (Phi) is 3.78. The molecule has 0 heterocycles. The molecule has 12 heavy (non-hydrogen) atoms. The van der Waals surface area contributed by atoms with E-state index in [0.717, 1.165) is 0 Å². The average molecular weight is 168 g/mol. The van der Waals surface area contributed by atoms with Gasteiger partial charge in [-0.05, 0) is 20.3 Å². The second-order valence-corrected chi connectivity index (χ2v) is 3.27. The molecule has 0 aliphatic rings. The molecule has 0 aromatic heterocycles. The maximum Gasteiger partial charge on any atom is 0.238 e. The van der Waals surface area contributed by atoms with Gasteiger partial charge in [0.25, 0.3) is 0 Å². The van der Waals surface area contributed by atoms with Crippen LogP contribution in [-0.4, -0.2) is 17.5 Å². The Morgan fingerprint density at radius 3 is 2.58 bits per heavy atom. The summed E-state index contributed by atoms with van der Waals surface area (Å²) in [5.74, 6) is 2.27. The Labute approximate surface area is 73.7 Å². The van der Waals surface area contributed by atoms with Crippen molar-refractivity contribution in [2.75, 3.05) is 0 Å². The Hall–Kier alpha value is -1.01. The molecule has 3 heteroatoms. The molecule has 0 spiro atoms. The van der Waals surface area contributed by atoms with Gasteiger partial charge < -0.3 is 11.1 Å². The highest BCUT2D eigenvalue weighted by molar-refractivity contribution is 5.82. The van der Waals surface area contributed by atoms with Crippen molar-refractivity contribution in [1.29, 1.82) is 0 Å². The lowest BCUT2D eigenvalue weighted by Crippen LogP contribution is -2.49. The van der Waals surface area contributed by atoms with Gasteiger partial charge in [-0.1, -0.05) is 12.8 Å². The number of nitrogens with two attached hydrogens (primary N) is 1. The molecule has 0 bridgehead atoms. The summed E-state index contributed by atoms with van der Waals surface area (Å²) in [4.78, 5) is 11.2. The normalized spacial score (nSPS) is 13.2. The monoisotopic (exact) mass is 168 g/mol. The maximum atomic E-state index is 11.2. The van der Waals surface area contributed by atoms with Crippen LogP contribution in [-0.2, 0) is 4.79 Å². The van der Waals surface area contributed by atoms with E-state index in [9.17, 15) is 4.79 Å². The molecule has 0 radical (unpaired) electrons. The zero-order valence-electron chi connectivity index (χ0n) is 7.85. The maximum absolute atomic E-state index is 11.2. The van der Waals surface area contributed by atoms with Crippen molar-refractivity contribution in [1.82, 2.24) is 5.32 Å².